The van der Waals surface area contributed by atoms with Crippen LogP contribution in [0.1, 0.15) is 5.56 Å². The van der Waals surface area contributed by atoms with E-state index in [-0.39, 0.29) is 6.54 Å². The van der Waals surface area contributed by atoms with Gasteiger partial charge in [-0.1, -0.05) is 18.2 Å². The van der Waals surface area contributed by atoms with E-state index >= 15 is 0 Å². The Bertz CT molecular complexity index is 435. The first-order valence-electron chi connectivity index (χ1n) is 5.51. The third-order valence-corrected chi connectivity index (χ3v) is 2.39. The third kappa shape index (κ3) is 5.07. The summed E-state index contributed by atoms with van der Waals surface area (Å²) in [5.74, 6) is 0.581. The number of halogens is 3. The molecule has 0 atom stereocenters. The van der Waals surface area contributed by atoms with Crippen molar-refractivity contribution in [2.45, 2.75) is 12.7 Å². The first-order valence-corrected chi connectivity index (χ1v) is 5.51. The number of ether oxygens (including phenoxy) is 1. The van der Waals surface area contributed by atoms with Crippen LogP contribution in [0.5, 0.6) is 5.75 Å². The Labute approximate surface area is 109 Å². The van der Waals surface area contributed by atoms with E-state index in [1.54, 1.807) is 29.6 Å². The Morgan fingerprint density at radius 1 is 1.37 bits per heavy atom. The van der Waals surface area contributed by atoms with E-state index in [9.17, 15) is 18.0 Å². The number of carbonyl (C=O) groups excluding carboxylic acids is 1. The number of nitrogens with zero attached hydrogens (tertiary/aromatic N) is 1. The molecule has 1 aromatic rings. The van der Waals surface area contributed by atoms with Crippen molar-refractivity contribution in [3.8, 4) is 5.75 Å². The Hall–Kier alpha value is -1.92. The predicted molar refractivity (Wildman–Crippen MR) is 63.9 cm³/mol. The number of para-hydroxylation sites is 1. The van der Waals surface area contributed by atoms with Crippen LogP contribution in [0.2, 0.25) is 0 Å². The first-order chi connectivity index (χ1) is 8.83. The SMILES string of the molecule is COc1ccccc1CN(C)C(=O)NCC(F)(F)F. The summed E-state index contributed by atoms with van der Waals surface area (Å²) in [7, 11) is 2.90. The molecule has 7 heteroatoms. The minimum Gasteiger partial charge on any atom is -0.496 e. The van der Waals surface area contributed by atoms with Crippen molar-refractivity contribution >= 4 is 6.03 Å². The highest BCUT2D eigenvalue weighted by atomic mass is 19.4. The zero-order chi connectivity index (χ0) is 14.5. The minimum absolute atomic E-state index is 0.160. The lowest BCUT2D eigenvalue weighted by atomic mass is 10.2. The van der Waals surface area contributed by atoms with E-state index in [0.29, 0.717) is 5.75 Å². The fraction of sp³-hybridized carbons (Fsp3) is 0.417. The van der Waals surface area contributed by atoms with Crippen molar-refractivity contribution in [1.29, 1.82) is 0 Å². The molecule has 0 unspecified atom stereocenters. The Kier molecular flexibility index (Phi) is 5.02. The lowest BCUT2D eigenvalue weighted by Gasteiger charge is -2.19. The van der Waals surface area contributed by atoms with Gasteiger partial charge >= 0.3 is 12.2 Å². The van der Waals surface area contributed by atoms with E-state index in [1.807, 2.05) is 0 Å². The van der Waals surface area contributed by atoms with Crippen LogP contribution < -0.4 is 10.1 Å². The zero-order valence-corrected chi connectivity index (χ0v) is 10.6. The van der Waals surface area contributed by atoms with Crippen molar-refractivity contribution in [2.24, 2.45) is 0 Å². The summed E-state index contributed by atoms with van der Waals surface area (Å²) in [5, 5.41) is 1.80. The second kappa shape index (κ2) is 6.31. The van der Waals surface area contributed by atoms with Gasteiger partial charge in [-0.15, -0.1) is 0 Å². The van der Waals surface area contributed by atoms with Gasteiger partial charge < -0.3 is 15.0 Å². The number of hydrogen-bond acceptors (Lipinski definition) is 2. The van der Waals surface area contributed by atoms with Gasteiger partial charge in [0.1, 0.15) is 12.3 Å². The Morgan fingerprint density at radius 3 is 2.58 bits per heavy atom. The van der Waals surface area contributed by atoms with E-state index < -0.39 is 18.8 Å². The number of methoxy groups -OCH3 is 1. The molecule has 0 fully saturated rings. The smallest absolute Gasteiger partial charge is 0.405 e. The topological polar surface area (TPSA) is 41.6 Å². The molecule has 0 spiro atoms. The third-order valence-electron chi connectivity index (χ3n) is 2.39. The van der Waals surface area contributed by atoms with Gasteiger partial charge in [-0.2, -0.15) is 13.2 Å². The molecular formula is C12H15F3N2O2. The summed E-state index contributed by atoms with van der Waals surface area (Å²) in [4.78, 5) is 12.6. The second-order valence-corrected chi connectivity index (χ2v) is 3.94. The van der Waals surface area contributed by atoms with E-state index in [2.05, 4.69) is 0 Å². The molecule has 19 heavy (non-hydrogen) atoms. The van der Waals surface area contributed by atoms with E-state index in [0.717, 1.165) is 10.5 Å². The van der Waals surface area contributed by atoms with Crippen molar-refractivity contribution in [1.82, 2.24) is 10.2 Å². The molecule has 1 rings (SSSR count). The molecule has 1 aromatic carbocycles. The molecule has 0 saturated carbocycles. The first kappa shape index (κ1) is 15.1. The number of rotatable bonds is 4. The fourth-order valence-electron chi connectivity index (χ4n) is 1.47. The van der Waals surface area contributed by atoms with Crippen LogP contribution in [-0.4, -0.2) is 37.8 Å². The van der Waals surface area contributed by atoms with E-state index in [4.69, 9.17) is 4.74 Å². The normalized spacial score (nSPS) is 11.0. The maximum absolute atomic E-state index is 12.0. The average Bonchev–Trinajstić information content (AvgIpc) is 2.35. The molecule has 0 aliphatic heterocycles. The molecule has 1 N–H and O–H groups in total. The van der Waals surface area contributed by atoms with Crippen LogP contribution in [0.25, 0.3) is 0 Å². The number of urea groups is 1. The van der Waals surface area contributed by atoms with Gasteiger partial charge in [-0.3, -0.25) is 0 Å². The lowest BCUT2D eigenvalue weighted by Crippen LogP contribution is -2.41. The van der Waals surface area contributed by atoms with Crippen molar-refractivity contribution in [2.75, 3.05) is 20.7 Å². The molecule has 0 aliphatic rings. The molecule has 0 saturated heterocycles. The Morgan fingerprint density at radius 2 is 2.00 bits per heavy atom. The number of alkyl halides is 3. The molecule has 2 amide bonds. The summed E-state index contributed by atoms with van der Waals surface area (Å²) in [6.07, 6.45) is -4.42. The number of amides is 2. The van der Waals surface area contributed by atoms with Gasteiger partial charge in [-0.05, 0) is 6.07 Å². The highest BCUT2D eigenvalue weighted by Crippen LogP contribution is 2.19. The molecule has 0 aliphatic carbocycles. The van der Waals surface area contributed by atoms with Crippen LogP contribution in [0.3, 0.4) is 0 Å². The zero-order valence-electron chi connectivity index (χ0n) is 10.6. The van der Waals surface area contributed by atoms with Gasteiger partial charge in [0.2, 0.25) is 0 Å². The summed E-state index contributed by atoms with van der Waals surface area (Å²) in [5.41, 5.74) is 0.717. The number of benzene rings is 1. The predicted octanol–water partition coefficient (Wildman–Crippen LogP) is 2.40. The van der Waals surface area contributed by atoms with Crippen LogP contribution in [0.4, 0.5) is 18.0 Å². The van der Waals surface area contributed by atoms with Gasteiger partial charge in [-0.25, -0.2) is 4.79 Å². The molecule has 0 aromatic heterocycles. The van der Waals surface area contributed by atoms with Crippen LogP contribution in [-0.2, 0) is 6.54 Å². The summed E-state index contributed by atoms with van der Waals surface area (Å²) in [6.45, 7) is -1.18. The van der Waals surface area contributed by atoms with Crippen LogP contribution >= 0.6 is 0 Å². The standard InChI is InChI=1S/C12H15F3N2O2/c1-17(11(18)16-8-12(13,14)15)7-9-5-3-4-6-10(9)19-2/h3-6H,7-8H2,1-2H3,(H,16,18). The number of nitrogens with one attached hydrogen (secondary N) is 1. The van der Waals surface area contributed by atoms with Gasteiger partial charge in [0.05, 0.1) is 13.7 Å². The molecule has 0 heterocycles. The Balaban J connectivity index is 2.59. The lowest BCUT2D eigenvalue weighted by molar-refractivity contribution is -0.123. The minimum atomic E-state index is -4.42. The van der Waals surface area contributed by atoms with Gasteiger partial charge in [0.15, 0.2) is 0 Å². The number of hydrogen-bond donors (Lipinski definition) is 1. The van der Waals surface area contributed by atoms with Crippen LogP contribution in [0.15, 0.2) is 24.3 Å². The van der Waals surface area contributed by atoms with Crippen molar-refractivity contribution in [3.63, 3.8) is 0 Å². The van der Waals surface area contributed by atoms with Crippen molar-refractivity contribution in [3.05, 3.63) is 29.8 Å². The molecule has 0 radical (unpaired) electrons. The molecular weight excluding hydrogens is 261 g/mol. The van der Waals surface area contributed by atoms with Crippen LogP contribution in [0, 0.1) is 0 Å². The average molecular weight is 276 g/mol. The summed E-state index contributed by atoms with van der Waals surface area (Å²) in [6, 6.07) is 6.21. The van der Waals surface area contributed by atoms with Gasteiger partial charge in [0, 0.05) is 12.6 Å². The van der Waals surface area contributed by atoms with Gasteiger partial charge in [0.25, 0.3) is 0 Å². The number of carbonyl (C=O) groups is 1. The highest BCUT2D eigenvalue weighted by molar-refractivity contribution is 5.74. The summed E-state index contributed by atoms with van der Waals surface area (Å²) < 4.78 is 41.0. The van der Waals surface area contributed by atoms with Crippen molar-refractivity contribution < 1.29 is 22.7 Å². The quantitative estimate of drug-likeness (QED) is 0.917. The fourth-order valence-corrected chi connectivity index (χ4v) is 1.47. The molecule has 0 bridgehead atoms. The molecule has 4 nitrogen and oxygen atoms in total. The van der Waals surface area contributed by atoms with E-state index in [1.165, 1.54) is 14.2 Å². The second-order valence-electron chi connectivity index (χ2n) is 3.94. The highest BCUT2D eigenvalue weighted by Gasteiger charge is 2.28. The largest absolute Gasteiger partial charge is 0.496 e. The maximum atomic E-state index is 12.0. The maximum Gasteiger partial charge on any atom is 0.405 e. The molecule has 106 valence electrons. The monoisotopic (exact) mass is 276 g/mol. The summed E-state index contributed by atoms with van der Waals surface area (Å²) >= 11 is 0.